The molecule has 4 heteroatoms. The van der Waals surface area contributed by atoms with E-state index in [1.807, 2.05) is 18.2 Å². The largest absolute Gasteiger partial charge is 0.493 e. The third kappa shape index (κ3) is 6.32. The molecule has 0 N–H and O–H groups in total. The Morgan fingerprint density at radius 1 is 0.953 bits per heavy atom. The summed E-state index contributed by atoms with van der Waals surface area (Å²) in [7, 11) is 3.24. The highest BCUT2D eigenvalue weighted by atomic mass is 16.5. The van der Waals surface area contributed by atoms with Crippen LogP contribution in [0, 0.1) is 52.3 Å². The highest BCUT2D eigenvalue weighted by Gasteiger charge is 2.59. The minimum absolute atomic E-state index is 0.0303. The number of carbonyl (C=O) groups excluding carboxylic acids is 1. The highest BCUT2D eigenvalue weighted by molar-refractivity contribution is 5.87. The van der Waals surface area contributed by atoms with Crippen molar-refractivity contribution >= 4 is 12.0 Å². The van der Waals surface area contributed by atoms with Crippen LogP contribution in [0.5, 0.6) is 11.5 Å². The molecule has 9 atom stereocenters. The summed E-state index contributed by atoms with van der Waals surface area (Å²) in [4.78, 5) is 12.8. The quantitative estimate of drug-likeness (QED) is 0.155. The molecule has 5 rings (SSSR count). The van der Waals surface area contributed by atoms with Crippen LogP contribution in [-0.4, -0.2) is 26.3 Å². The maximum Gasteiger partial charge on any atom is 0.331 e. The van der Waals surface area contributed by atoms with Crippen molar-refractivity contribution in [3.63, 3.8) is 0 Å². The van der Waals surface area contributed by atoms with Crippen LogP contribution < -0.4 is 9.47 Å². The van der Waals surface area contributed by atoms with Crippen molar-refractivity contribution in [3.8, 4) is 11.5 Å². The lowest BCUT2D eigenvalue weighted by Crippen LogP contribution is -2.51. The predicted octanol–water partition coefficient (Wildman–Crippen LogP) is 9.92. The summed E-state index contributed by atoms with van der Waals surface area (Å²) in [5.41, 5.74) is 3.22. The van der Waals surface area contributed by atoms with Crippen molar-refractivity contribution in [2.75, 3.05) is 14.2 Å². The lowest BCUT2D eigenvalue weighted by atomic mass is 9.47. The van der Waals surface area contributed by atoms with E-state index in [0.717, 1.165) is 66.3 Å². The van der Waals surface area contributed by atoms with E-state index in [4.69, 9.17) is 14.2 Å². The Morgan fingerprint density at radius 2 is 1.72 bits per heavy atom. The molecule has 1 aromatic carbocycles. The van der Waals surface area contributed by atoms with Gasteiger partial charge in [-0.3, -0.25) is 0 Å². The van der Waals surface area contributed by atoms with E-state index < -0.39 is 0 Å². The van der Waals surface area contributed by atoms with Crippen LogP contribution in [0.4, 0.5) is 0 Å². The number of ether oxygens (including phenoxy) is 3. The van der Waals surface area contributed by atoms with Crippen LogP contribution >= 0.6 is 0 Å². The van der Waals surface area contributed by atoms with Crippen LogP contribution in [0.1, 0.15) is 111 Å². The van der Waals surface area contributed by atoms with Gasteiger partial charge in [-0.2, -0.15) is 0 Å². The fourth-order valence-electron chi connectivity index (χ4n) is 10.1. The van der Waals surface area contributed by atoms with E-state index in [1.165, 1.54) is 44.9 Å². The van der Waals surface area contributed by atoms with Gasteiger partial charge in [-0.05, 0) is 121 Å². The third-order valence-corrected chi connectivity index (χ3v) is 13.1. The van der Waals surface area contributed by atoms with E-state index in [9.17, 15) is 4.79 Å². The third-order valence-electron chi connectivity index (χ3n) is 13.1. The second kappa shape index (κ2) is 13.0. The SMILES string of the molecule is COc1ccc(/C=C/C(=O)OC2CCC3(C)C(=CCC4C3CCC3(C)C(C(C)CCC(C)C(C)C)CCC43)C2)cc1OC. The zero-order valence-corrected chi connectivity index (χ0v) is 28.3. The molecule has 238 valence electrons. The van der Waals surface area contributed by atoms with Crippen molar-refractivity contribution in [1.82, 2.24) is 0 Å². The van der Waals surface area contributed by atoms with E-state index in [0.29, 0.717) is 16.9 Å². The summed E-state index contributed by atoms with van der Waals surface area (Å²) >= 11 is 0. The van der Waals surface area contributed by atoms with Crippen LogP contribution in [-0.2, 0) is 9.53 Å². The number of esters is 1. The first kappa shape index (κ1) is 32.2. The Morgan fingerprint density at radius 3 is 2.44 bits per heavy atom. The van der Waals surface area contributed by atoms with Gasteiger partial charge < -0.3 is 14.2 Å². The predicted molar refractivity (Wildman–Crippen MR) is 176 cm³/mol. The summed E-state index contributed by atoms with van der Waals surface area (Å²) in [5, 5.41) is 0. The summed E-state index contributed by atoms with van der Waals surface area (Å²) in [5.74, 6) is 6.87. The van der Waals surface area contributed by atoms with E-state index >= 15 is 0 Å². The van der Waals surface area contributed by atoms with Gasteiger partial charge in [-0.1, -0.05) is 72.1 Å². The van der Waals surface area contributed by atoms with Gasteiger partial charge in [0.15, 0.2) is 11.5 Å². The number of benzene rings is 1. The van der Waals surface area contributed by atoms with Crippen molar-refractivity contribution in [2.24, 2.45) is 52.3 Å². The first-order valence-corrected chi connectivity index (χ1v) is 17.3. The number of carbonyl (C=O) groups is 1. The van der Waals surface area contributed by atoms with Gasteiger partial charge in [0.2, 0.25) is 0 Å². The van der Waals surface area contributed by atoms with Crippen LogP contribution in [0.2, 0.25) is 0 Å². The lowest BCUT2D eigenvalue weighted by Gasteiger charge is -2.58. The van der Waals surface area contributed by atoms with E-state index in [-0.39, 0.29) is 17.5 Å². The molecule has 3 fully saturated rings. The number of methoxy groups -OCH3 is 2. The van der Waals surface area contributed by atoms with Gasteiger partial charge >= 0.3 is 5.97 Å². The summed E-state index contributed by atoms with van der Waals surface area (Å²) in [6.07, 6.45) is 18.5. The van der Waals surface area contributed by atoms with E-state index in [1.54, 1.807) is 31.9 Å². The minimum atomic E-state index is -0.264. The normalized spacial score (nSPS) is 35.0. The summed E-state index contributed by atoms with van der Waals surface area (Å²) in [6, 6.07) is 5.63. The Labute approximate surface area is 262 Å². The molecule has 43 heavy (non-hydrogen) atoms. The van der Waals surface area contributed by atoms with Gasteiger partial charge in [0.05, 0.1) is 14.2 Å². The number of hydrogen-bond donors (Lipinski definition) is 0. The molecular formula is C39H58O4. The van der Waals surface area contributed by atoms with E-state index in [2.05, 4.69) is 47.6 Å². The Bertz CT molecular complexity index is 1200. The standard InChI is InChI=1S/C39H58O4/c1-25(2)26(3)9-10-27(4)32-15-16-33-31-14-13-29-24-30(19-21-38(29,5)34(31)20-22-39(32,33)6)43-37(40)18-12-28-11-17-35(41-7)36(23-28)42-8/h11-13,17-18,23,25-27,30-34H,9-10,14-16,19-22,24H2,1-8H3/b18-12+. The maximum atomic E-state index is 12.8. The molecule has 3 saturated carbocycles. The molecule has 0 bridgehead atoms. The molecule has 0 heterocycles. The van der Waals surface area contributed by atoms with Crippen LogP contribution in [0.15, 0.2) is 35.9 Å². The number of hydrogen-bond acceptors (Lipinski definition) is 4. The molecule has 0 saturated heterocycles. The average Bonchev–Trinajstić information content (AvgIpc) is 3.35. The molecule has 9 unspecified atom stereocenters. The van der Waals surface area contributed by atoms with Gasteiger partial charge in [-0.25, -0.2) is 4.79 Å². The zero-order valence-electron chi connectivity index (χ0n) is 28.3. The van der Waals surface area contributed by atoms with Crippen molar-refractivity contribution in [2.45, 2.75) is 112 Å². The fraction of sp³-hybridized carbons (Fsp3) is 0.718. The second-order valence-electron chi connectivity index (χ2n) is 15.5. The molecule has 4 aliphatic rings. The Hall–Kier alpha value is -2.23. The molecule has 0 aliphatic heterocycles. The molecule has 0 radical (unpaired) electrons. The molecule has 0 amide bonds. The Kier molecular flexibility index (Phi) is 9.74. The minimum Gasteiger partial charge on any atom is -0.493 e. The maximum absolute atomic E-state index is 12.8. The number of allylic oxidation sites excluding steroid dienone is 1. The molecule has 0 spiro atoms. The zero-order chi connectivity index (χ0) is 30.9. The number of fused-ring (bicyclic) bond motifs is 5. The highest BCUT2D eigenvalue weighted by Crippen LogP contribution is 2.67. The molecular weight excluding hydrogens is 532 g/mol. The Balaban J connectivity index is 1.20. The van der Waals surface area contributed by atoms with Gasteiger partial charge in [0.1, 0.15) is 6.10 Å². The van der Waals surface area contributed by atoms with Crippen molar-refractivity contribution in [1.29, 1.82) is 0 Å². The molecule has 4 nitrogen and oxygen atoms in total. The van der Waals surface area contributed by atoms with Gasteiger partial charge in [0.25, 0.3) is 0 Å². The summed E-state index contributed by atoms with van der Waals surface area (Å²) < 4.78 is 16.7. The van der Waals surface area contributed by atoms with Crippen molar-refractivity contribution < 1.29 is 19.0 Å². The first-order chi connectivity index (χ1) is 20.5. The fourth-order valence-corrected chi connectivity index (χ4v) is 10.1. The second-order valence-corrected chi connectivity index (χ2v) is 15.5. The molecule has 1 aromatic rings. The molecule has 4 aliphatic carbocycles. The lowest BCUT2D eigenvalue weighted by molar-refractivity contribution is -0.145. The first-order valence-electron chi connectivity index (χ1n) is 17.3. The number of rotatable bonds is 10. The monoisotopic (exact) mass is 590 g/mol. The topological polar surface area (TPSA) is 44.8 Å². The summed E-state index contributed by atoms with van der Waals surface area (Å²) in [6.45, 7) is 15.0. The average molecular weight is 591 g/mol. The van der Waals surface area contributed by atoms with Gasteiger partial charge in [-0.15, -0.1) is 0 Å². The van der Waals surface area contributed by atoms with Crippen LogP contribution in [0.3, 0.4) is 0 Å². The van der Waals surface area contributed by atoms with Crippen LogP contribution in [0.25, 0.3) is 6.08 Å². The van der Waals surface area contributed by atoms with Crippen molar-refractivity contribution in [3.05, 3.63) is 41.5 Å². The van der Waals surface area contributed by atoms with Gasteiger partial charge in [0, 0.05) is 12.5 Å². The molecule has 0 aromatic heterocycles. The smallest absolute Gasteiger partial charge is 0.331 e.